The molecule has 2 rings (SSSR count). The summed E-state index contributed by atoms with van der Waals surface area (Å²) in [4.78, 5) is 3.37. The van der Waals surface area contributed by atoms with Crippen molar-refractivity contribution >= 4 is 34.3 Å². The summed E-state index contributed by atoms with van der Waals surface area (Å²) in [6.07, 6.45) is 0. The van der Waals surface area contributed by atoms with E-state index < -0.39 is 0 Å². The van der Waals surface area contributed by atoms with Crippen molar-refractivity contribution < 1.29 is 4.74 Å². The summed E-state index contributed by atoms with van der Waals surface area (Å²) < 4.78 is 6.33. The fourth-order valence-electron chi connectivity index (χ4n) is 1.80. The summed E-state index contributed by atoms with van der Waals surface area (Å²) in [5.74, 6) is 0.732. The Bertz CT molecular complexity index is 556. The maximum absolute atomic E-state index is 5.94. The first-order valence-corrected chi connectivity index (χ1v) is 7.27. The Kier molecular flexibility index (Phi) is 4.56. The normalized spacial score (nSPS) is 10.5. The molecule has 0 aliphatic heterocycles. The van der Waals surface area contributed by atoms with Crippen molar-refractivity contribution in [3.05, 3.63) is 39.5 Å². The molecule has 0 aliphatic carbocycles. The molecule has 0 radical (unpaired) electrons. The molecular weight excluding hydrogens is 280 g/mol. The van der Waals surface area contributed by atoms with Gasteiger partial charge in [-0.25, -0.2) is 0 Å². The van der Waals surface area contributed by atoms with Gasteiger partial charge in [-0.1, -0.05) is 11.6 Å². The molecule has 0 aliphatic rings. The molecule has 0 saturated heterocycles. The number of nitrogen functional groups attached to an aromatic ring is 1. The number of thiophene rings is 1. The first-order chi connectivity index (χ1) is 9.10. The molecule has 2 aromatic rings. The van der Waals surface area contributed by atoms with Crippen LogP contribution in [0, 0.1) is 0 Å². The van der Waals surface area contributed by atoms with Gasteiger partial charge in [0.1, 0.15) is 5.75 Å². The molecule has 0 spiro atoms. The van der Waals surface area contributed by atoms with Crippen LogP contribution in [0.25, 0.3) is 0 Å². The number of ether oxygens (including phenoxy) is 1. The summed E-state index contributed by atoms with van der Waals surface area (Å²) in [7, 11) is 2.04. The van der Waals surface area contributed by atoms with Crippen LogP contribution in [0.1, 0.15) is 11.8 Å². The van der Waals surface area contributed by atoms with Crippen LogP contribution < -0.4 is 15.4 Å². The molecular formula is C14H17ClN2OS. The Morgan fingerprint density at radius 2 is 2.11 bits per heavy atom. The van der Waals surface area contributed by atoms with Crippen LogP contribution in [-0.4, -0.2) is 13.7 Å². The molecule has 0 atom stereocenters. The molecule has 1 heterocycles. The van der Waals surface area contributed by atoms with Gasteiger partial charge >= 0.3 is 0 Å². The molecule has 19 heavy (non-hydrogen) atoms. The van der Waals surface area contributed by atoms with E-state index in [0.717, 1.165) is 22.3 Å². The topological polar surface area (TPSA) is 38.5 Å². The minimum Gasteiger partial charge on any atom is -0.492 e. The highest BCUT2D eigenvalue weighted by Crippen LogP contribution is 2.29. The van der Waals surface area contributed by atoms with E-state index in [-0.39, 0.29) is 0 Å². The predicted molar refractivity (Wildman–Crippen MR) is 83.5 cm³/mol. The molecule has 0 amide bonds. The van der Waals surface area contributed by atoms with Gasteiger partial charge in [0.05, 0.1) is 23.2 Å². The monoisotopic (exact) mass is 296 g/mol. The van der Waals surface area contributed by atoms with Crippen molar-refractivity contribution in [3.63, 3.8) is 0 Å². The van der Waals surface area contributed by atoms with Crippen LogP contribution >= 0.6 is 22.9 Å². The van der Waals surface area contributed by atoms with Gasteiger partial charge in [0, 0.05) is 23.7 Å². The van der Waals surface area contributed by atoms with E-state index in [9.17, 15) is 0 Å². The molecule has 0 unspecified atom stereocenters. The fourth-order valence-corrected chi connectivity index (χ4v) is 2.94. The largest absolute Gasteiger partial charge is 0.492 e. The molecule has 3 nitrogen and oxygen atoms in total. The smallest absolute Gasteiger partial charge is 0.144 e. The lowest BCUT2D eigenvalue weighted by molar-refractivity contribution is 0.342. The molecule has 1 aromatic carbocycles. The molecule has 5 heteroatoms. The quantitative estimate of drug-likeness (QED) is 0.847. The molecule has 1 aromatic heterocycles. The van der Waals surface area contributed by atoms with E-state index in [1.54, 1.807) is 11.3 Å². The average molecular weight is 297 g/mol. The number of nitrogens with zero attached hydrogens (tertiary/aromatic N) is 1. The number of hydrogen-bond donors (Lipinski definition) is 1. The summed E-state index contributed by atoms with van der Waals surface area (Å²) >= 11 is 7.54. The second-order valence-corrected chi connectivity index (χ2v) is 6.02. The van der Waals surface area contributed by atoms with Gasteiger partial charge in [-0.05, 0) is 31.2 Å². The summed E-state index contributed by atoms with van der Waals surface area (Å²) in [5, 5.41) is 0. The Labute approximate surface area is 122 Å². The van der Waals surface area contributed by atoms with Crippen molar-refractivity contribution in [2.75, 3.05) is 24.3 Å². The van der Waals surface area contributed by atoms with Crippen molar-refractivity contribution in [3.8, 4) is 5.75 Å². The number of rotatable bonds is 5. The van der Waals surface area contributed by atoms with E-state index in [1.165, 1.54) is 4.88 Å². The second-order valence-electron chi connectivity index (χ2n) is 4.22. The number of nitrogens with two attached hydrogens (primary N) is 1. The van der Waals surface area contributed by atoms with Crippen molar-refractivity contribution in [2.45, 2.75) is 13.5 Å². The van der Waals surface area contributed by atoms with Gasteiger partial charge in [-0.2, -0.15) is 0 Å². The highest BCUT2D eigenvalue weighted by Gasteiger charge is 2.07. The zero-order valence-corrected chi connectivity index (χ0v) is 12.6. The SMILES string of the molecule is CCOc1cc(N(C)Cc2ccc(Cl)s2)ccc1N. The Balaban J connectivity index is 2.14. The maximum Gasteiger partial charge on any atom is 0.144 e. The molecule has 102 valence electrons. The second kappa shape index (κ2) is 6.17. The average Bonchev–Trinajstić information content (AvgIpc) is 2.77. The first kappa shape index (κ1) is 14.0. The standard InChI is InChI=1S/C14H17ClN2OS/c1-3-18-13-8-10(4-6-12(13)16)17(2)9-11-5-7-14(15)19-11/h4-8H,3,9,16H2,1-2H3. The number of benzene rings is 1. The molecule has 0 fully saturated rings. The Morgan fingerprint density at radius 1 is 1.32 bits per heavy atom. The van der Waals surface area contributed by atoms with Crippen molar-refractivity contribution in [1.82, 2.24) is 0 Å². The third-order valence-corrected chi connectivity index (χ3v) is 3.98. The predicted octanol–water partition coefficient (Wildman–Crippen LogP) is 4.02. The third kappa shape index (κ3) is 3.55. The van der Waals surface area contributed by atoms with E-state index in [2.05, 4.69) is 4.90 Å². The lowest BCUT2D eigenvalue weighted by atomic mass is 10.2. The lowest BCUT2D eigenvalue weighted by Crippen LogP contribution is -2.15. The summed E-state index contributed by atoms with van der Waals surface area (Å²) in [6, 6.07) is 9.80. The van der Waals surface area contributed by atoms with Crippen LogP contribution in [0.2, 0.25) is 4.34 Å². The molecule has 0 bridgehead atoms. The van der Waals surface area contributed by atoms with Crippen LogP contribution in [0.4, 0.5) is 11.4 Å². The van der Waals surface area contributed by atoms with Crippen molar-refractivity contribution in [1.29, 1.82) is 0 Å². The van der Waals surface area contributed by atoms with Crippen LogP contribution in [0.15, 0.2) is 30.3 Å². The highest BCUT2D eigenvalue weighted by molar-refractivity contribution is 7.16. The zero-order chi connectivity index (χ0) is 13.8. The van der Waals surface area contributed by atoms with E-state index >= 15 is 0 Å². The summed E-state index contributed by atoms with van der Waals surface area (Å²) in [6.45, 7) is 3.37. The van der Waals surface area contributed by atoms with E-state index in [0.29, 0.717) is 12.3 Å². The van der Waals surface area contributed by atoms with Crippen molar-refractivity contribution in [2.24, 2.45) is 0 Å². The van der Waals surface area contributed by atoms with Gasteiger partial charge in [0.15, 0.2) is 0 Å². The minimum absolute atomic E-state index is 0.609. The zero-order valence-electron chi connectivity index (χ0n) is 11.0. The number of anilines is 2. The maximum atomic E-state index is 5.94. The van der Waals surface area contributed by atoms with Crippen LogP contribution in [-0.2, 0) is 6.54 Å². The lowest BCUT2D eigenvalue weighted by Gasteiger charge is -2.20. The molecule has 0 saturated carbocycles. The van der Waals surface area contributed by atoms with Gasteiger partial charge in [0.25, 0.3) is 0 Å². The van der Waals surface area contributed by atoms with Crippen LogP contribution in [0.3, 0.4) is 0 Å². The van der Waals surface area contributed by atoms with Crippen LogP contribution in [0.5, 0.6) is 5.75 Å². The minimum atomic E-state index is 0.609. The van der Waals surface area contributed by atoms with E-state index in [4.69, 9.17) is 22.1 Å². The van der Waals surface area contributed by atoms with Gasteiger partial charge in [-0.15, -0.1) is 11.3 Å². The van der Waals surface area contributed by atoms with E-state index in [1.807, 2.05) is 44.3 Å². The number of hydrogen-bond acceptors (Lipinski definition) is 4. The van der Waals surface area contributed by atoms with Gasteiger partial charge < -0.3 is 15.4 Å². The summed E-state index contributed by atoms with van der Waals surface area (Å²) in [5.41, 5.74) is 7.61. The highest BCUT2D eigenvalue weighted by atomic mass is 35.5. The Morgan fingerprint density at radius 3 is 2.74 bits per heavy atom. The number of halogens is 1. The first-order valence-electron chi connectivity index (χ1n) is 6.08. The Hall–Kier alpha value is -1.39. The van der Waals surface area contributed by atoms with Gasteiger partial charge in [-0.3, -0.25) is 0 Å². The fraction of sp³-hybridized carbons (Fsp3) is 0.286. The van der Waals surface area contributed by atoms with Gasteiger partial charge in [0.2, 0.25) is 0 Å². The molecule has 2 N–H and O–H groups in total. The third-order valence-electron chi connectivity index (χ3n) is 2.76.